The number of aromatic nitrogens is 5. The number of H-pyrrole nitrogens is 1. The number of hydrogen-bond donors (Lipinski definition) is 3. The van der Waals surface area contributed by atoms with E-state index in [0.29, 0.717) is 28.9 Å². The zero-order chi connectivity index (χ0) is 23.7. The molecule has 3 aromatic heterocycles. The van der Waals surface area contributed by atoms with E-state index in [0.717, 1.165) is 52.5 Å². The molecule has 10 heteroatoms. The highest BCUT2D eigenvalue weighted by atomic mass is 19.1. The van der Waals surface area contributed by atoms with Gasteiger partial charge in [-0.3, -0.25) is 0 Å². The van der Waals surface area contributed by atoms with Crippen molar-refractivity contribution in [3.05, 3.63) is 48.7 Å². The van der Waals surface area contributed by atoms with Gasteiger partial charge in [0, 0.05) is 49.2 Å². The third-order valence-corrected chi connectivity index (χ3v) is 7.36. The molecule has 0 radical (unpaired) electrons. The Morgan fingerprint density at radius 1 is 1.20 bits per heavy atom. The van der Waals surface area contributed by atoms with Crippen LogP contribution in [0.2, 0.25) is 0 Å². The van der Waals surface area contributed by atoms with Crippen molar-refractivity contribution in [2.75, 3.05) is 30.4 Å². The molecule has 2 aromatic carbocycles. The van der Waals surface area contributed by atoms with E-state index in [2.05, 4.69) is 30.2 Å². The van der Waals surface area contributed by atoms with Gasteiger partial charge >= 0.3 is 6.01 Å². The summed E-state index contributed by atoms with van der Waals surface area (Å²) in [7, 11) is 1.77. The molecule has 4 heterocycles. The third-order valence-electron chi connectivity index (χ3n) is 7.36. The molecule has 3 atom stereocenters. The van der Waals surface area contributed by atoms with E-state index in [1.165, 1.54) is 18.5 Å². The van der Waals surface area contributed by atoms with Gasteiger partial charge in [0.25, 0.3) is 0 Å². The van der Waals surface area contributed by atoms with Crippen LogP contribution in [0.4, 0.5) is 15.9 Å². The molecule has 9 nitrogen and oxygen atoms in total. The first-order valence-electron chi connectivity index (χ1n) is 11.7. The van der Waals surface area contributed by atoms with Crippen LogP contribution in [-0.4, -0.2) is 51.1 Å². The summed E-state index contributed by atoms with van der Waals surface area (Å²) in [5.74, 6) is 1.97. The molecule has 4 N–H and O–H groups in total. The molecule has 1 aliphatic carbocycles. The smallest absolute Gasteiger partial charge is 0.325 e. The fraction of sp³-hybridized carbons (Fsp3) is 0.280. The second kappa shape index (κ2) is 7.47. The topological polar surface area (TPSA) is 118 Å². The molecule has 1 saturated heterocycles. The fourth-order valence-electron chi connectivity index (χ4n) is 5.55. The normalized spacial score (nSPS) is 21.5. The van der Waals surface area contributed by atoms with E-state index in [9.17, 15) is 4.39 Å². The van der Waals surface area contributed by atoms with Crippen molar-refractivity contribution in [2.24, 2.45) is 17.6 Å². The Balaban J connectivity index is 1.39. The van der Waals surface area contributed by atoms with Crippen LogP contribution in [0.1, 0.15) is 6.42 Å². The zero-order valence-corrected chi connectivity index (χ0v) is 19.0. The predicted molar refractivity (Wildman–Crippen MR) is 132 cm³/mol. The van der Waals surface area contributed by atoms with Crippen LogP contribution in [0.15, 0.2) is 42.9 Å². The van der Waals surface area contributed by atoms with Gasteiger partial charge in [-0.15, -0.1) is 0 Å². The number of fused-ring (bicyclic) bond motifs is 5. The largest absolute Gasteiger partial charge is 0.424 e. The van der Waals surface area contributed by atoms with E-state index in [4.69, 9.17) is 15.5 Å². The number of hydrogen-bond acceptors (Lipinski definition) is 8. The number of nitrogens with zero attached hydrogens (tertiary/aromatic N) is 5. The van der Waals surface area contributed by atoms with E-state index in [1.807, 2.05) is 18.2 Å². The van der Waals surface area contributed by atoms with Crippen molar-refractivity contribution in [1.29, 1.82) is 0 Å². The van der Waals surface area contributed by atoms with Crippen molar-refractivity contribution < 1.29 is 9.13 Å². The van der Waals surface area contributed by atoms with Crippen LogP contribution in [-0.2, 0) is 0 Å². The maximum absolute atomic E-state index is 14.5. The van der Waals surface area contributed by atoms with Crippen LogP contribution in [0.25, 0.3) is 32.8 Å². The van der Waals surface area contributed by atoms with Gasteiger partial charge in [-0.2, -0.15) is 9.97 Å². The molecular formula is C25H23FN8O. The zero-order valence-electron chi connectivity index (χ0n) is 19.0. The molecule has 176 valence electrons. The lowest BCUT2D eigenvalue weighted by atomic mass is 9.72. The minimum atomic E-state index is -0.323. The third kappa shape index (κ3) is 3.17. The molecule has 0 spiro atoms. The summed E-state index contributed by atoms with van der Waals surface area (Å²) in [5, 5.41) is 5.50. The second-order valence-electron chi connectivity index (χ2n) is 9.38. The SMILES string of the molecule is CNc1cc(F)cc2c1[nH]c1nc(Oc3ccc4cncnc4c3)nc(N3CC4CC(N)C4C3)c12. The summed E-state index contributed by atoms with van der Waals surface area (Å²) >= 11 is 0. The Morgan fingerprint density at radius 2 is 2.11 bits per heavy atom. The van der Waals surface area contributed by atoms with Gasteiger partial charge in [-0.25, -0.2) is 14.4 Å². The Labute approximate surface area is 199 Å². The lowest BCUT2D eigenvalue weighted by Gasteiger charge is -2.36. The maximum Gasteiger partial charge on any atom is 0.325 e. The van der Waals surface area contributed by atoms with Crippen molar-refractivity contribution in [3.63, 3.8) is 0 Å². The number of halogens is 1. The highest BCUT2D eigenvalue weighted by Gasteiger charge is 2.46. The maximum atomic E-state index is 14.5. The number of nitrogens with two attached hydrogens (primary N) is 1. The van der Waals surface area contributed by atoms with Gasteiger partial charge in [0.05, 0.1) is 22.1 Å². The lowest BCUT2D eigenvalue weighted by molar-refractivity contribution is 0.194. The first-order chi connectivity index (χ1) is 17.1. The molecule has 2 aliphatic rings. The Morgan fingerprint density at radius 3 is 2.94 bits per heavy atom. The summed E-state index contributed by atoms with van der Waals surface area (Å²) in [4.78, 5) is 23.5. The second-order valence-corrected chi connectivity index (χ2v) is 9.38. The minimum Gasteiger partial charge on any atom is -0.424 e. The first kappa shape index (κ1) is 20.3. The summed E-state index contributed by atoms with van der Waals surface area (Å²) in [6, 6.07) is 8.99. The van der Waals surface area contributed by atoms with Crippen LogP contribution < -0.4 is 20.7 Å². The number of nitrogens with one attached hydrogen (secondary N) is 2. The molecule has 7 rings (SSSR count). The molecule has 2 fully saturated rings. The number of aromatic amines is 1. The van der Waals surface area contributed by atoms with Crippen LogP contribution in [0.3, 0.4) is 0 Å². The predicted octanol–water partition coefficient (Wildman–Crippen LogP) is 3.81. The van der Waals surface area contributed by atoms with E-state index in [-0.39, 0.29) is 17.9 Å². The summed E-state index contributed by atoms with van der Waals surface area (Å²) in [6.45, 7) is 1.67. The molecule has 3 unspecified atom stereocenters. The monoisotopic (exact) mass is 470 g/mol. The van der Waals surface area contributed by atoms with Gasteiger partial charge in [0.1, 0.15) is 29.4 Å². The highest BCUT2D eigenvalue weighted by Crippen LogP contribution is 2.44. The Kier molecular flexibility index (Phi) is 4.34. The van der Waals surface area contributed by atoms with Gasteiger partial charge in [-0.05, 0) is 42.5 Å². The van der Waals surface area contributed by atoms with Gasteiger partial charge in [0.15, 0.2) is 0 Å². The molecule has 35 heavy (non-hydrogen) atoms. The molecule has 1 saturated carbocycles. The van der Waals surface area contributed by atoms with Crippen LogP contribution in [0, 0.1) is 17.7 Å². The number of rotatable bonds is 4. The molecule has 1 aliphatic heterocycles. The summed E-state index contributed by atoms with van der Waals surface area (Å²) < 4.78 is 20.6. The van der Waals surface area contributed by atoms with Gasteiger partial charge in [-0.1, -0.05) is 0 Å². The van der Waals surface area contributed by atoms with Crippen molar-refractivity contribution in [2.45, 2.75) is 12.5 Å². The average Bonchev–Trinajstić information content (AvgIpc) is 3.40. The van der Waals surface area contributed by atoms with Crippen molar-refractivity contribution in [3.8, 4) is 11.8 Å². The molecular weight excluding hydrogens is 447 g/mol. The molecule has 0 bridgehead atoms. The standard InChI is InChI=1S/C25H23FN8O/c1-28-20-6-14(26)5-16-21-23(31-22(16)20)32-25(33-24(21)34-9-13-4-18(27)17(13)10-34)35-15-3-2-12-8-29-11-30-19(12)7-15/h2-3,5-8,11,13,17-18,28H,4,9-10,27H2,1H3,(H,31,32,33). The quantitative estimate of drug-likeness (QED) is 0.363. The van der Waals surface area contributed by atoms with E-state index >= 15 is 0 Å². The number of ether oxygens (including phenoxy) is 1. The lowest BCUT2D eigenvalue weighted by Crippen LogP contribution is -2.46. The van der Waals surface area contributed by atoms with Gasteiger partial charge in [0.2, 0.25) is 0 Å². The number of benzene rings is 2. The average molecular weight is 471 g/mol. The Bertz CT molecular complexity index is 1620. The van der Waals surface area contributed by atoms with Crippen molar-refractivity contribution >= 4 is 44.3 Å². The highest BCUT2D eigenvalue weighted by molar-refractivity contribution is 6.14. The van der Waals surface area contributed by atoms with Crippen LogP contribution in [0.5, 0.6) is 11.8 Å². The summed E-state index contributed by atoms with van der Waals surface area (Å²) in [5.41, 5.74) is 9.06. The van der Waals surface area contributed by atoms with Gasteiger partial charge < -0.3 is 25.7 Å². The fourth-order valence-corrected chi connectivity index (χ4v) is 5.55. The number of anilines is 2. The van der Waals surface area contributed by atoms with E-state index in [1.54, 1.807) is 13.2 Å². The van der Waals surface area contributed by atoms with Crippen LogP contribution >= 0.6 is 0 Å². The molecule has 0 amide bonds. The molecule has 5 aromatic rings. The Hall–Kier alpha value is -4.05. The van der Waals surface area contributed by atoms with Crippen molar-refractivity contribution in [1.82, 2.24) is 24.9 Å². The summed E-state index contributed by atoms with van der Waals surface area (Å²) in [6.07, 6.45) is 4.27. The van der Waals surface area contributed by atoms with E-state index < -0.39 is 0 Å². The first-order valence-corrected chi connectivity index (χ1v) is 11.7. The minimum absolute atomic E-state index is 0.211.